The van der Waals surface area contributed by atoms with E-state index in [0.29, 0.717) is 12.8 Å². The van der Waals surface area contributed by atoms with E-state index in [1.54, 1.807) is 0 Å². The van der Waals surface area contributed by atoms with E-state index >= 15 is 0 Å². The van der Waals surface area contributed by atoms with Gasteiger partial charge >= 0.3 is 0 Å². The van der Waals surface area contributed by atoms with Crippen molar-refractivity contribution < 1.29 is 13.9 Å². The smallest absolute Gasteiger partial charge is 0.184 e. The first-order valence-electron chi connectivity index (χ1n) is 5.61. The van der Waals surface area contributed by atoms with Crippen molar-refractivity contribution in [3.05, 3.63) is 17.7 Å². The first kappa shape index (κ1) is 13.1. The Morgan fingerprint density at radius 3 is 2.50 bits per heavy atom. The fourth-order valence-electron chi connectivity index (χ4n) is 2.09. The van der Waals surface area contributed by atoms with Crippen LogP contribution >= 0.6 is 0 Å². The Morgan fingerprint density at radius 1 is 1.39 bits per heavy atom. The van der Waals surface area contributed by atoms with Crippen molar-refractivity contribution in [3.63, 3.8) is 0 Å². The molecule has 0 aromatic heterocycles. The molecule has 1 fully saturated rings. The lowest BCUT2D eigenvalue weighted by Crippen LogP contribution is -2.51. The van der Waals surface area contributed by atoms with Crippen LogP contribution in [0, 0.1) is 11.6 Å². The lowest BCUT2D eigenvalue weighted by Gasteiger charge is -2.40. The summed E-state index contributed by atoms with van der Waals surface area (Å²) in [6.07, 6.45) is 2.05. The molecule has 4 nitrogen and oxygen atoms in total. The van der Waals surface area contributed by atoms with Crippen LogP contribution in [0.3, 0.4) is 0 Å². The van der Waals surface area contributed by atoms with Gasteiger partial charge in [-0.15, -0.1) is 0 Å². The average Bonchev–Trinajstić information content (AvgIpc) is 2.24. The molecule has 0 amide bonds. The first-order chi connectivity index (χ1) is 8.34. The molecule has 5 N–H and O–H groups in total. The van der Waals surface area contributed by atoms with Crippen LogP contribution in [0.2, 0.25) is 0 Å². The fraction of sp³-hybridized carbons (Fsp3) is 0.455. The van der Waals surface area contributed by atoms with E-state index < -0.39 is 17.2 Å². The van der Waals surface area contributed by atoms with E-state index in [9.17, 15) is 13.9 Å². The zero-order valence-electron chi connectivity index (χ0n) is 9.79. The minimum Gasteiger partial charge on any atom is -0.397 e. The Labute approximate surface area is 105 Å². The molecule has 1 aromatic carbocycles. The Bertz CT molecular complexity index is 480. The number of rotatable bonds is 3. The summed E-state index contributed by atoms with van der Waals surface area (Å²) in [5, 5.41) is 10.9. The summed E-state index contributed by atoms with van der Waals surface area (Å²) in [5.41, 5.74) is 3.92. The molecule has 0 unspecified atom stereocenters. The van der Waals surface area contributed by atoms with Crippen LogP contribution < -0.4 is 22.0 Å². The largest absolute Gasteiger partial charge is 0.397 e. The summed E-state index contributed by atoms with van der Waals surface area (Å²) in [6, 6.07) is 1.11. The number of hydrogen-bond donors (Lipinski definition) is 3. The Balaban J connectivity index is 2.30. The van der Waals surface area contributed by atoms with Crippen LogP contribution in [0.1, 0.15) is 19.3 Å². The average molecular weight is 253 g/mol. The maximum absolute atomic E-state index is 13.7. The molecule has 18 heavy (non-hydrogen) atoms. The van der Waals surface area contributed by atoms with Gasteiger partial charge in [-0.3, -0.25) is 0 Å². The number of aliphatic hydroxyl groups is 1. The van der Waals surface area contributed by atoms with E-state index in [-0.39, 0.29) is 23.4 Å². The molecule has 0 aliphatic heterocycles. The van der Waals surface area contributed by atoms with Crippen LogP contribution in [0.4, 0.5) is 20.2 Å². The van der Waals surface area contributed by atoms with Crippen LogP contribution in [-0.2, 0) is 0 Å². The van der Waals surface area contributed by atoms with E-state index in [2.05, 4.69) is 0 Å². The lowest BCUT2D eigenvalue weighted by molar-refractivity contribution is -0.0256. The first-order valence-corrected chi connectivity index (χ1v) is 5.61. The minimum absolute atomic E-state index is 0.00250. The minimum atomic E-state index is -1.20. The second kappa shape index (κ2) is 4.40. The maximum atomic E-state index is 13.7. The van der Waals surface area contributed by atoms with Gasteiger partial charge in [-0.1, -0.05) is 5.46 Å². The van der Waals surface area contributed by atoms with Gasteiger partial charge in [-0.2, -0.15) is 0 Å². The molecule has 2 radical (unpaired) electrons. The molecule has 0 spiro atoms. The van der Waals surface area contributed by atoms with E-state index in [1.165, 1.54) is 0 Å². The van der Waals surface area contributed by atoms with Gasteiger partial charge in [-0.25, -0.2) is 14.6 Å². The van der Waals surface area contributed by atoms with Gasteiger partial charge in [0.15, 0.2) is 11.6 Å². The van der Waals surface area contributed by atoms with Gasteiger partial charge in [0.2, 0.25) is 0 Å². The number of benzene rings is 1. The number of anilines is 2. The third-order valence-corrected chi connectivity index (χ3v) is 3.27. The van der Waals surface area contributed by atoms with E-state index in [0.717, 1.165) is 17.5 Å². The highest BCUT2D eigenvalue weighted by molar-refractivity contribution is 6.33. The second-order valence-corrected chi connectivity index (χ2v) is 4.74. The van der Waals surface area contributed by atoms with Gasteiger partial charge < -0.3 is 15.8 Å². The molecule has 1 aliphatic rings. The molecule has 1 aromatic rings. The lowest BCUT2D eigenvalue weighted by atomic mass is 9.80. The Morgan fingerprint density at radius 2 is 2.00 bits per heavy atom. The van der Waals surface area contributed by atoms with Crippen LogP contribution in [0.5, 0.6) is 0 Å². The van der Waals surface area contributed by atoms with Crippen molar-refractivity contribution in [2.24, 2.45) is 5.84 Å². The van der Waals surface area contributed by atoms with Gasteiger partial charge in [0, 0.05) is 0 Å². The van der Waals surface area contributed by atoms with Crippen molar-refractivity contribution in [2.45, 2.75) is 24.9 Å². The monoisotopic (exact) mass is 253 g/mol. The summed E-state index contributed by atoms with van der Waals surface area (Å²) >= 11 is 0. The summed E-state index contributed by atoms with van der Waals surface area (Å²) in [6.45, 7) is -0.00250. The van der Waals surface area contributed by atoms with Gasteiger partial charge in [0.05, 0.1) is 17.8 Å². The fourth-order valence-corrected chi connectivity index (χ4v) is 2.09. The number of nitrogen functional groups attached to an aromatic ring is 1. The van der Waals surface area contributed by atoms with Crippen molar-refractivity contribution in [1.29, 1.82) is 0 Å². The number of halogens is 2. The molecule has 1 saturated carbocycles. The third-order valence-electron chi connectivity index (χ3n) is 3.27. The molecule has 2 rings (SSSR count). The number of nitrogens with two attached hydrogens (primary N) is 2. The molecule has 0 saturated heterocycles. The summed E-state index contributed by atoms with van der Waals surface area (Å²) in [7, 11) is 5.25. The molecular formula is C11H14BF2N3O. The molecule has 1 aliphatic carbocycles. The van der Waals surface area contributed by atoms with E-state index in [4.69, 9.17) is 19.4 Å². The zero-order chi connectivity index (χ0) is 13.5. The summed E-state index contributed by atoms with van der Waals surface area (Å²) in [5.74, 6) is 3.28. The standard InChI is InChI=1S/C11H14BF2N3O/c12-6-4-7(15)10(9(14)8(6)13)17(16)5-11(18)2-1-3-11/h4,18H,1-3,5,15-16H2. The molecule has 0 bridgehead atoms. The Kier molecular flexibility index (Phi) is 3.20. The maximum Gasteiger partial charge on any atom is 0.184 e. The molecule has 96 valence electrons. The van der Waals surface area contributed by atoms with Crippen LogP contribution in [0.15, 0.2) is 6.07 Å². The van der Waals surface area contributed by atoms with Gasteiger partial charge in [-0.05, 0) is 25.3 Å². The predicted octanol–water partition coefficient (Wildman–Crippen LogP) is -0.0641. The highest BCUT2D eigenvalue weighted by Gasteiger charge is 2.36. The Hall–Kier alpha value is -1.34. The summed E-state index contributed by atoms with van der Waals surface area (Å²) in [4.78, 5) is 0. The number of hydrogen-bond acceptors (Lipinski definition) is 4. The quantitative estimate of drug-likeness (QED) is 0.305. The molecule has 0 atom stereocenters. The van der Waals surface area contributed by atoms with Gasteiger partial charge in [0.25, 0.3) is 0 Å². The zero-order valence-corrected chi connectivity index (χ0v) is 9.79. The highest BCUT2D eigenvalue weighted by Crippen LogP contribution is 2.34. The molecule has 0 heterocycles. The molecular weight excluding hydrogens is 239 g/mol. The van der Waals surface area contributed by atoms with Crippen molar-refractivity contribution in [3.8, 4) is 0 Å². The van der Waals surface area contributed by atoms with Crippen LogP contribution in [-0.4, -0.2) is 25.1 Å². The topological polar surface area (TPSA) is 75.5 Å². The van der Waals surface area contributed by atoms with Crippen molar-refractivity contribution in [1.82, 2.24) is 0 Å². The molecule has 7 heteroatoms. The van der Waals surface area contributed by atoms with Crippen molar-refractivity contribution in [2.75, 3.05) is 17.3 Å². The van der Waals surface area contributed by atoms with Gasteiger partial charge in [0.1, 0.15) is 13.5 Å². The highest BCUT2D eigenvalue weighted by atomic mass is 19.2. The second-order valence-electron chi connectivity index (χ2n) is 4.74. The normalized spacial score (nSPS) is 17.3. The SMILES string of the molecule is [B]c1cc(N)c(N(N)CC2(O)CCC2)c(F)c1F. The number of nitrogens with zero attached hydrogens (tertiary/aromatic N) is 1. The summed E-state index contributed by atoms with van der Waals surface area (Å²) < 4.78 is 27.1. The third kappa shape index (κ3) is 2.15. The predicted molar refractivity (Wildman–Crippen MR) is 66.5 cm³/mol. The van der Waals surface area contributed by atoms with Crippen molar-refractivity contribution >= 4 is 24.7 Å². The van der Waals surface area contributed by atoms with E-state index in [1.807, 2.05) is 0 Å². The van der Waals surface area contributed by atoms with Crippen LogP contribution in [0.25, 0.3) is 0 Å². The number of hydrazine groups is 1.